The molecule has 0 aliphatic carbocycles. The van der Waals surface area contributed by atoms with E-state index in [0.717, 1.165) is 11.1 Å². The van der Waals surface area contributed by atoms with Crippen molar-refractivity contribution in [3.8, 4) is 11.1 Å². The van der Waals surface area contributed by atoms with Crippen molar-refractivity contribution in [3.05, 3.63) is 47.5 Å². The second kappa shape index (κ2) is 3.89. The van der Waals surface area contributed by atoms with Crippen LogP contribution in [0.15, 0.2) is 36.4 Å². The Kier molecular flexibility index (Phi) is 2.57. The zero-order valence-electron chi connectivity index (χ0n) is 9.62. The SMILES string of the molecule is Cc1cc(C)cc(-c2cc(N)cc(N)c2)c1. The highest BCUT2D eigenvalue weighted by molar-refractivity contribution is 5.73. The van der Waals surface area contributed by atoms with E-state index in [-0.39, 0.29) is 0 Å². The van der Waals surface area contributed by atoms with Crippen molar-refractivity contribution in [1.29, 1.82) is 0 Å². The quantitative estimate of drug-likeness (QED) is 0.713. The summed E-state index contributed by atoms with van der Waals surface area (Å²) in [4.78, 5) is 0. The molecule has 2 nitrogen and oxygen atoms in total. The van der Waals surface area contributed by atoms with Crippen LogP contribution < -0.4 is 11.5 Å². The van der Waals surface area contributed by atoms with Gasteiger partial charge in [-0.05, 0) is 43.2 Å². The molecule has 0 aliphatic heterocycles. The zero-order chi connectivity index (χ0) is 11.7. The van der Waals surface area contributed by atoms with Gasteiger partial charge in [0.2, 0.25) is 0 Å². The lowest BCUT2D eigenvalue weighted by Crippen LogP contribution is -1.92. The minimum atomic E-state index is 0.703. The summed E-state index contributed by atoms with van der Waals surface area (Å²) in [6.07, 6.45) is 0. The molecule has 0 heterocycles. The summed E-state index contributed by atoms with van der Waals surface area (Å²) < 4.78 is 0. The van der Waals surface area contributed by atoms with Crippen molar-refractivity contribution in [1.82, 2.24) is 0 Å². The van der Waals surface area contributed by atoms with E-state index in [9.17, 15) is 0 Å². The lowest BCUT2D eigenvalue weighted by atomic mass is 10.00. The largest absolute Gasteiger partial charge is 0.399 e. The Hall–Kier alpha value is -1.96. The molecule has 4 N–H and O–H groups in total. The van der Waals surface area contributed by atoms with Gasteiger partial charge in [0, 0.05) is 11.4 Å². The van der Waals surface area contributed by atoms with Crippen LogP contribution in [0.1, 0.15) is 11.1 Å². The fourth-order valence-electron chi connectivity index (χ4n) is 1.98. The molecule has 82 valence electrons. The van der Waals surface area contributed by atoms with Crippen molar-refractivity contribution in [2.45, 2.75) is 13.8 Å². The van der Waals surface area contributed by atoms with Crippen LogP contribution in [0.2, 0.25) is 0 Å². The summed E-state index contributed by atoms with van der Waals surface area (Å²) in [5, 5.41) is 0. The Morgan fingerprint density at radius 3 is 1.56 bits per heavy atom. The molecule has 0 aliphatic rings. The highest BCUT2D eigenvalue weighted by Gasteiger charge is 2.01. The molecule has 2 aromatic carbocycles. The third-order valence-electron chi connectivity index (χ3n) is 2.53. The van der Waals surface area contributed by atoms with Gasteiger partial charge >= 0.3 is 0 Å². The molecule has 0 saturated carbocycles. The zero-order valence-corrected chi connectivity index (χ0v) is 9.62. The van der Waals surface area contributed by atoms with E-state index in [0.29, 0.717) is 11.4 Å². The third kappa shape index (κ3) is 2.16. The number of rotatable bonds is 1. The number of nitrogens with two attached hydrogens (primary N) is 2. The first-order valence-electron chi connectivity index (χ1n) is 5.29. The van der Waals surface area contributed by atoms with Gasteiger partial charge in [0.15, 0.2) is 0 Å². The van der Waals surface area contributed by atoms with Gasteiger partial charge in [-0.1, -0.05) is 29.3 Å². The Bertz CT molecular complexity index is 440. The van der Waals surface area contributed by atoms with Gasteiger partial charge in [-0.15, -0.1) is 0 Å². The van der Waals surface area contributed by atoms with Crippen molar-refractivity contribution >= 4 is 11.4 Å². The maximum Gasteiger partial charge on any atom is 0.0340 e. The van der Waals surface area contributed by atoms with Crippen molar-refractivity contribution in [3.63, 3.8) is 0 Å². The van der Waals surface area contributed by atoms with E-state index in [1.165, 1.54) is 11.1 Å². The normalized spacial score (nSPS) is 10.4. The fraction of sp³-hybridized carbons (Fsp3) is 0.143. The monoisotopic (exact) mass is 212 g/mol. The molecule has 0 bridgehead atoms. The average Bonchev–Trinajstić information content (AvgIpc) is 2.14. The third-order valence-corrected chi connectivity index (χ3v) is 2.53. The number of benzene rings is 2. The summed E-state index contributed by atoms with van der Waals surface area (Å²) in [7, 11) is 0. The van der Waals surface area contributed by atoms with Crippen LogP contribution >= 0.6 is 0 Å². The van der Waals surface area contributed by atoms with Crippen LogP contribution in [0.25, 0.3) is 11.1 Å². The van der Waals surface area contributed by atoms with Crippen molar-refractivity contribution in [2.75, 3.05) is 11.5 Å². The van der Waals surface area contributed by atoms with E-state index < -0.39 is 0 Å². The molecule has 0 radical (unpaired) electrons. The van der Waals surface area contributed by atoms with E-state index >= 15 is 0 Å². The molecule has 0 unspecified atom stereocenters. The molecule has 2 aromatic rings. The lowest BCUT2D eigenvalue weighted by molar-refractivity contribution is 1.38. The molecule has 2 rings (SSSR count). The van der Waals surface area contributed by atoms with Gasteiger partial charge in [0.05, 0.1) is 0 Å². The second-order valence-corrected chi connectivity index (χ2v) is 4.26. The molecule has 0 fully saturated rings. The maximum absolute atomic E-state index is 5.79. The van der Waals surface area contributed by atoms with E-state index in [1.807, 2.05) is 12.1 Å². The number of hydrogen-bond donors (Lipinski definition) is 2. The Balaban J connectivity index is 2.57. The standard InChI is InChI=1S/C14H16N2/c1-9-3-10(2)5-11(4-9)12-6-13(15)8-14(16)7-12/h3-8H,15-16H2,1-2H3. The van der Waals surface area contributed by atoms with Crippen molar-refractivity contribution < 1.29 is 0 Å². The Morgan fingerprint density at radius 2 is 1.06 bits per heavy atom. The molecular weight excluding hydrogens is 196 g/mol. The molecular formula is C14H16N2. The smallest absolute Gasteiger partial charge is 0.0340 e. The number of aryl methyl sites for hydroxylation is 2. The molecule has 16 heavy (non-hydrogen) atoms. The molecule has 2 heteroatoms. The van der Waals surface area contributed by atoms with Gasteiger partial charge in [0.1, 0.15) is 0 Å². The number of anilines is 2. The van der Waals surface area contributed by atoms with Gasteiger partial charge in [-0.2, -0.15) is 0 Å². The topological polar surface area (TPSA) is 52.0 Å². The van der Waals surface area contributed by atoms with Crippen LogP contribution in [0.5, 0.6) is 0 Å². The first kappa shape index (κ1) is 10.6. The van der Waals surface area contributed by atoms with Crippen LogP contribution in [0.3, 0.4) is 0 Å². The number of nitrogen functional groups attached to an aromatic ring is 2. The highest BCUT2D eigenvalue weighted by atomic mass is 14.6. The Morgan fingerprint density at radius 1 is 0.625 bits per heavy atom. The molecule has 0 aromatic heterocycles. The molecule has 0 amide bonds. The molecule has 0 spiro atoms. The summed E-state index contributed by atoms with van der Waals surface area (Å²) >= 11 is 0. The fourth-order valence-corrected chi connectivity index (χ4v) is 1.98. The molecule has 0 saturated heterocycles. The summed E-state index contributed by atoms with van der Waals surface area (Å²) in [5.41, 5.74) is 17.7. The van der Waals surface area contributed by atoms with E-state index in [2.05, 4.69) is 32.0 Å². The highest BCUT2D eigenvalue weighted by Crippen LogP contribution is 2.26. The van der Waals surface area contributed by atoms with Crippen LogP contribution in [-0.4, -0.2) is 0 Å². The molecule has 0 atom stereocenters. The van der Waals surface area contributed by atoms with Gasteiger partial charge in [-0.3, -0.25) is 0 Å². The maximum atomic E-state index is 5.79. The van der Waals surface area contributed by atoms with Gasteiger partial charge in [-0.25, -0.2) is 0 Å². The summed E-state index contributed by atoms with van der Waals surface area (Å²) in [6.45, 7) is 4.18. The predicted octanol–water partition coefficient (Wildman–Crippen LogP) is 3.13. The van der Waals surface area contributed by atoms with Crippen LogP contribution in [0, 0.1) is 13.8 Å². The predicted molar refractivity (Wildman–Crippen MR) is 70.2 cm³/mol. The summed E-state index contributed by atoms with van der Waals surface area (Å²) in [5.74, 6) is 0. The van der Waals surface area contributed by atoms with Gasteiger partial charge in [0.25, 0.3) is 0 Å². The second-order valence-electron chi connectivity index (χ2n) is 4.26. The van der Waals surface area contributed by atoms with E-state index in [4.69, 9.17) is 11.5 Å². The first-order valence-corrected chi connectivity index (χ1v) is 5.29. The summed E-state index contributed by atoms with van der Waals surface area (Å²) in [6, 6.07) is 12.1. The van der Waals surface area contributed by atoms with Gasteiger partial charge < -0.3 is 11.5 Å². The van der Waals surface area contributed by atoms with E-state index in [1.54, 1.807) is 6.07 Å². The average molecular weight is 212 g/mol. The first-order chi connectivity index (χ1) is 7.54. The number of hydrogen-bond acceptors (Lipinski definition) is 2. The van der Waals surface area contributed by atoms with Crippen molar-refractivity contribution in [2.24, 2.45) is 0 Å². The lowest BCUT2D eigenvalue weighted by Gasteiger charge is -2.07. The minimum absolute atomic E-state index is 0.703. The van der Waals surface area contributed by atoms with Crippen LogP contribution in [0.4, 0.5) is 11.4 Å². The van der Waals surface area contributed by atoms with Crippen LogP contribution in [-0.2, 0) is 0 Å². The minimum Gasteiger partial charge on any atom is -0.399 e. The Labute approximate surface area is 95.9 Å².